The molecule has 260 valence electrons. The summed E-state index contributed by atoms with van der Waals surface area (Å²) in [5.41, 5.74) is 0.195. The van der Waals surface area contributed by atoms with Crippen LogP contribution >= 0.6 is 17.2 Å². The van der Waals surface area contributed by atoms with E-state index in [1.807, 2.05) is 43.3 Å². The molecular formula is C38H44O9P2. The third-order valence-corrected chi connectivity index (χ3v) is 10.7. The maximum absolute atomic E-state index is 12.9. The van der Waals surface area contributed by atoms with E-state index in [1.54, 1.807) is 64.1 Å². The molecule has 0 bridgehead atoms. The monoisotopic (exact) mass is 706 g/mol. The molecule has 2 unspecified atom stereocenters. The first-order valence-electron chi connectivity index (χ1n) is 15.7. The molecule has 0 aliphatic heterocycles. The Labute approximate surface area is 291 Å². The zero-order valence-corrected chi connectivity index (χ0v) is 31.6. The molecular weight excluding hydrogens is 662 g/mol. The lowest BCUT2D eigenvalue weighted by molar-refractivity contribution is -0.149. The van der Waals surface area contributed by atoms with Gasteiger partial charge in [0, 0.05) is 5.41 Å². The summed E-state index contributed by atoms with van der Waals surface area (Å²) >= 11 is 0. The Balaban J connectivity index is 2.01. The van der Waals surface area contributed by atoms with Gasteiger partial charge < -0.3 is 14.2 Å². The number of Topliss-reactive ketones (excluding diaryl/α,β-unsaturated/α-hetero) is 1. The summed E-state index contributed by atoms with van der Waals surface area (Å²) in [4.78, 5) is 73.7. The van der Waals surface area contributed by atoms with Crippen molar-refractivity contribution in [1.82, 2.24) is 0 Å². The van der Waals surface area contributed by atoms with Crippen LogP contribution in [0.15, 0.2) is 72.8 Å². The molecule has 0 heterocycles. The zero-order valence-electron chi connectivity index (χ0n) is 29.6. The molecule has 9 nitrogen and oxygen atoms in total. The minimum atomic E-state index is -1.30. The number of rotatable bonds is 14. The van der Waals surface area contributed by atoms with Crippen LogP contribution in [0.4, 0.5) is 0 Å². The van der Waals surface area contributed by atoms with Crippen LogP contribution in [0.25, 0.3) is 0 Å². The fraction of sp³-hybridized carbons (Fsp3) is 0.368. The molecule has 0 aliphatic rings. The topological polar surface area (TPSA) is 130 Å². The first-order chi connectivity index (χ1) is 22.6. The summed E-state index contributed by atoms with van der Waals surface area (Å²) in [6, 6.07) is 21.1. The average molecular weight is 707 g/mol. The van der Waals surface area contributed by atoms with Crippen molar-refractivity contribution in [1.29, 1.82) is 0 Å². The second-order valence-electron chi connectivity index (χ2n) is 13.7. The standard InChI is InChI=1S/C38H44O9P2/c1-23(39)35(4,5)32(42)45-29-17-11-26(12-18-29)38(10,27-13-19-30(20-14-27)46-33(43)36(6,7)48-24(2)40)28-15-21-31(22-16-28)47-34(44)37(8,9)49-25(3)41/h11-22,48-49H,1-10H3. The van der Waals surface area contributed by atoms with Crippen LogP contribution in [0.1, 0.15) is 85.9 Å². The van der Waals surface area contributed by atoms with Gasteiger partial charge in [0.2, 0.25) is 0 Å². The van der Waals surface area contributed by atoms with Crippen LogP contribution in [-0.2, 0) is 34.2 Å². The van der Waals surface area contributed by atoms with E-state index in [4.69, 9.17) is 14.2 Å². The molecule has 0 spiro atoms. The Morgan fingerprint density at radius 2 is 0.714 bits per heavy atom. The number of ether oxygens (including phenoxy) is 3. The smallest absolute Gasteiger partial charge is 0.324 e. The van der Waals surface area contributed by atoms with Crippen molar-refractivity contribution in [2.75, 3.05) is 0 Å². The van der Waals surface area contributed by atoms with Gasteiger partial charge in [-0.05, 0) is 139 Å². The molecule has 3 aromatic carbocycles. The second-order valence-corrected chi connectivity index (χ2v) is 18.1. The summed E-state index contributed by atoms with van der Waals surface area (Å²) in [7, 11) is -0.449. The lowest BCUT2D eigenvalue weighted by Gasteiger charge is -2.32. The quantitative estimate of drug-likeness (QED) is 0.0554. The van der Waals surface area contributed by atoms with E-state index in [0.29, 0.717) is 11.5 Å². The Morgan fingerprint density at radius 1 is 0.449 bits per heavy atom. The van der Waals surface area contributed by atoms with Gasteiger partial charge in [-0.25, -0.2) is 0 Å². The molecule has 3 aromatic rings. The highest BCUT2D eigenvalue weighted by Crippen LogP contribution is 2.41. The van der Waals surface area contributed by atoms with E-state index in [-0.39, 0.29) is 39.7 Å². The Hall–Kier alpha value is -4.06. The highest BCUT2D eigenvalue weighted by Gasteiger charge is 2.37. The molecule has 0 radical (unpaired) electrons. The van der Waals surface area contributed by atoms with E-state index >= 15 is 0 Å². The van der Waals surface area contributed by atoms with E-state index in [9.17, 15) is 28.8 Å². The number of hydrogen-bond acceptors (Lipinski definition) is 9. The average Bonchev–Trinajstić information content (AvgIpc) is 3.00. The molecule has 0 N–H and O–H groups in total. The molecule has 0 saturated heterocycles. The van der Waals surface area contributed by atoms with Crippen LogP contribution < -0.4 is 14.2 Å². The van der Waals surface area contributed by atoms with Gasteiger partial charge in [-0.1, -0.05) is 36.4 Å². The summed E-state index contributed by atoms with van der Waals surface area (Å²) in [5.74, 6) is -1.07. The number of benzene rings is 3. The van der Waals surface area contributed by atoms with Gasteiger partial charge in [0.15, 0.2) is 0 Å². The van der Waals surface area contributed by atoms with Gasteiger partial charge in [0.05, 0.1) is 10.3 Å². The molecule has 0 amide bonds. The van der Waals surface area contributed by atoms with Crippen molar-refractivity contribution in [3.63, 3.8) is 0 Å². The zero-order chi connectivity index (χ0) is 36.9. The third kappa shape index (κ3) is 9.55. The Morgan fingerprint density at radius 3 is 0.959 bits per heavy atom. The Bertz CT molecular complexity index is 1650. The highest BCUT2D eigenvalue weighted by atomic mass is 31.1. The van der Waals surface area contributed by atoms with Crippen molar-refractivity contribution >= 4 is 51.9 Å². The molecule has 0 aliphatic carbocycles. The lowest BCUT2D eigenvalue weighted by atomic mass is 9.71. The number of esters is 3. The van der Waals surface area contributed by atoms with Gasteiger partial charge in [0.1, 0.15) is 39.5 Å². The maximum Gasteiger partial charge on any atom is 0.324 e. The molecule has 0 saturated carbocycles. The lowest BCUT2D eigenvalue weighted by Crippen LogP contribution is -2.35. The number of ketones is 1. The summed E-state index contributed by atoms with van der Waals surface area (Å²) in [6.45, 7) is 16.0. The summed E-state index contributed by atoms with van der Waals surface area (Å²) < 4.78 is 16.8. The van der Waals surface area contributed by atoms with Crippen molar-refractivity contribution in [2.24, 2.45) is 5.41 Å². The minimum Gasteiger partial charge on any atom is -0.426 e. The molecule has 2 atom stereocenters. The van der Waals surface area contributed by atoms with Crippen molar-refractivity contribution < 1.29 is 43.0 Å². The molecule has 0 fully saturated rings. The maximum atomic E-state index is 12.9. The van der Waals surface area contributed by atoms with Gasteiger partial charge in [0.25, 0.3) is 0 Å². The fourth-order valence-electron chi connectivity index (χ4n) is 4.90. The predicted octanol–water partition coefficient (Wildman–Crippen LogP) is 7.38. The number of carbonyl (C=O) groups is 6. The first-order valence-corrected chi connectivity index (χ1v) is 17.7. The fourth-order valence-corrected chi connectivity index (χ4v) is 6.97. The first kappa shape index (κ1) is 39.4. The van der Waals surface area contributed by atoms with Crippen molar-refractivity contribution in [2.45, 2.75) is 85.0 Å². The van der Waals surface area contributed by atoms with Gasteiger partial charge in [-0.15, -0.1) is 0 Å². The normalized spacial score (nSPS) is 13.6. The number of carbonyl (C=O) groups excluding carboxylic acids is 6. The Kier molecular flexibility index (Phi) is 12.2. The second kappa shape index (κ2) is 15.2. The largest absolute Gasteiger partial charge is 0.426 e. The van der Waals surface area contributed by atoms with Crippen LogP contribution in [0.5, 0.6) is 17.2 Å². The molecule has 49 heavy (non-hydrogen) atoms. The van der Waals surface area contributed by atoms with E-state index in [2.05, 4.69) is 0 Å². The van der Waals surface area contributed by atoms with E-state index < -0.39 is 39.1 Å². The highest BCUT2D eigenvalue weighted by molar-refractivity contribution is 7.60. The molecule has 11 heteroatoms. The summed E-state index contributed by atoms with van der Waals surface area (Å²) in [6.07, 6.45) is 0. The van der Waals surface area contributed by atoms with Crippen LogP contribution in [0, 0.1) is 5.41 Å². The third-order valence-electron chi connectivity index (χ3n) is 8.31. The minimum absolute atomic E-state index is 0.0858. The van der Waals surface area contributed by atoms with Gasteiger partial charge >= 0.3 is 17.9 Å². The summed E-state index contributed by atoms with van der Waals surface area (Å²) in [5, 5.41) is -1.92. The van der Waals surface area contributed by atoms with Crippen LogP contribution in [-0.4, -0.2) is 45.1 Å². The van der Waals surface area contributed by atoms with E-state index in [0.717, 1.165) is 16.7 Å². The van der Waals surface area contributed by atoms with Crippen molar-refractivity contribution in [3.05, 3.63) is 89.5 Å². The predicted molar refractivity (Wildman–Crippen MR) is 192 cm³/mol. The van der Waals surface area contributed by atoms with Crippen LogP contribution in [0.2, 0.25) is 0 Å². The van der Waals surface area contributed by atoms with Crippen molar-refractivity contribution in [3.8, 4) is 17.2 Å². The molecule has 0 aromatic heterocycles. The molecule has 3 rings (SSSR count). The van der Waals surface area contributed by atoms with Gasteiger partial charge in [-0.3, -0.25) is 28.8 Å². The van der Waals surface area contributed by atoms with Crippen LogP contribution in [0.3, 0.4) is 0 Å². The van der Waals surface area contributed by atoms with E-state index in [1.165, 1.54) is 34.6 Å². The SMILES string of the molecule is CC(=O)PC(C)(C)C(=O)Oc1ccc(C(C)(c2ccc(OC(=O)C(C)(C)PC(C)=O)cc2)c2ccc(OC(=O)C(C)(C)C(C)=O)cc2)cc1. The number of hydrogen-bond donors (Lipinski definition) is 0. The van der Waals surface area contributed by atoms with Gasteiger partial charge in [-0.2, -0.15) is 0 Å².